The Kier molecular flexibility index (Phi) is 3.73. The molecule has 0 fully saturated rings. The molecular weight excluding hydrogens is 320 g/mol. The second-order valence-corrected chi connectivity index (χ2v) is 4.94. The van der Waals surface area contributed by atoms with Crippen molar-refractivity contribution in [2.45, 2.75) is 13.5 Å². The highest BCUT2D eigenvalue weighted by Crippen LogP contribution is 2.32. The lowest BCUT2D eigenvalue weighted by Crippen LogP contribution is -2.02. The molecule has 0 atom stereocenters. The number of nitrogens with zero attached hydrogens (tertiary/aromatic N) is 2. The number of carboxylic acid groups (broad SMARTS) is 1. The lowest BCUT2D eigenvalue weighted by Gasteiger charge is -2.05. The summed E-state index contributed by atoms with van der Waals surface area (Å²) in [4.78, 5) is 11.0. The third-order valence-electron chi connectivity index (χ3n) is 2.49. The molecule has 94 valence electrons. The number of carbonyl (C=O) groups is 1. The molecule has 0 amide bonds. The molecule has 0 saturated heterocycles. The molecule has 0 aliphatic rings. The van der Waals surface area contributed by atoms with E-state index < -0.39 is 5.97 Å². The molecule has 6 heteroatoms. The summed E-state index contributed by atoms with van der Waals surface area (Å²) in [5.41, 5.74) is 1.34. The number of rotatable bonds is 3. The van der Waals surface area contributed by atoms with E-state index in [9.17, 15) is 4.79 Å². The maximum Gasteiger partial charge on any atom is 0.358 e. The third-order valence-corrected chi connectivity index (χ3v) is 3.35. The van der Waals surface area contributed by atoms with Gasteiger partial charge in [-0.25, -0.2) is 4.79 Å². The summed E-state index contributed by atoms with van der Waals surface area (Å²) < 4.78 is 2.49. The van der Waals surface area contributed by atoms with E-state index in [4.69, 9.17) is 16.7 Å². The second kappa shape index (κ2) is 5.12. The molecule has 0 radical (unpaired) electrons. The highest BCUT2D eigenvalue weighted by Gasteiger charge is 2.21. The van der Waals surface area contributed by atoms with Crippen molar-refractivity contribution in [2.24, 2.45) is 0 Å². The predicted octanol–water partition coefficient (Wildman–Crippen LogP) is 3.68. The van der Waals surface area contributed by atoms with Crippen molar-refractivity contribution < 1.29 is 9.90 Å². The van der Waals surface area contributed by atoms with Crippen LogP contribution in [0.25, 0.3) is 11.3 Å². The van der Waals surface area contributed by atoms with Gasteiger partial charge >= 0.3 is 5.97 Å². The van der Waals surface area contributed by atoms with Crippen LogP contribution in [-0.4, -0.2) is 20.9 Å². The molecule has 2 rings (SSSR count). The van der Waals surface area contributed by atoms with Gasteiger partial charge in [-0.15, -0.1) is 0 Å². The fourth-order valence-corrected chi connectivity index (χ4v) is 2.44. The number of aromatic carboxylic acids is 1. The SMILES string of the molecule is CCn1nc(C(=O)O)c(Cl)c1-c1cccc(Br)c1. The van der Waals surface area contributed by atoms with Gasteiger partial charge in [-0.1, -0.05) is 39.7 Å². The van der Waals surface area contributed by atoms with E-state index in [1.165, 1.54) is 0 Å². The van der Waals surface area contributed by atoms with Gasteiger partial charge in [-0.2, -0.15) is 5.10 Å². The van der Waals surface area contributed by atoms with Gasteiger partial charge in [-0.05, 0) is 19.1 Å². The van der Waals surface area contributed by atoms with Gasteiger partial charge in [0.2, 0.25) is 0 Å². The molecule has 0 aliphatic heterocycles. The molecule has 0 unspecified atom stereocenters. The Balaban J connectivity index is 2.66. The highest BCUT2D eigenvalue weighted by molar-refractivity contribution is 9.10. The van der Waals surface area contributed by atoms with E-state index in [-0.39, 0.29) is 10.7 Å². The summed E-state index contributed by atoms with van der Waals surface area (Å²) in [7, 11) is 0. The quantitative estimate of drug-likeness (QED) is 0.934. The van der Waals surface area contributed by atoms with Crippen LogP contribution in [0.15, 0.2) is 28.7 Å². The summed E-state index contributed by atoms with van der Waals surface area (Å²) in [6.07, 6.45) is 0. The van der Waals surface area contributed by atoms with Gasteiger partial charge in [0.05, 0.1) is 5.69 Å². The smallest absolute Gasteiger partial charge is 0.358 e. The molecule has 2 aromatic rings. The molecular formula is C12H10BrClN2O2. The van der Waals surface area contributed by atoms with Crippen molar-refractivity contribution in [1.82, 2.24) is 9.78 Å². The average molecular weight is 330 g/mol. The molecule has 0 saturated carbocycles. The molecule has 1 aromatic heterocycles. The van der Waals surface area contributed by atoms with Crippen LogP contribution in [0.5, 0.6) is 0 Å². The first-order chi connectivity index (χ1) is 8.54. The minimum Gasteiger partial charge on any atom is -0.476 e. The van der Waals surface area contributed by atoms with Crippen LogP contribution < -0.4 is 0 Å². The summed E-state index contributed by atoms with van der Waals surface area (Å²) in [6, 6.07) is 7.50. The molecule has 1 N–H and O–H groups in total. The normalized spacial score (nSPS) is 10.6. The zero-order chi connectivity index (χ0) is 13.3. The lowest BCUT2D eigenvalue weighted by molar-refractivity contribution is 0.0689. The molecule has 1 heterocycles. The van der Waals surface area contributed by atoms with Gasteiger partial charge < -0.3 is 5.11 Å². The number of aryl methyl sites for hydroxylation is 1. The van der Waals surface area contributed by atoms with E-state index in [0.29, 0.717) is 12.2 Å². The Hall–Kier alpha value is -1.33. The number of carboxylic acids is 1. The number of hydrogen-bond acceptors (Lipinski definition) is 2. The first kappa shape index (κ1) is 13.1. The third kappa shape index (κ3) is 2.28. The number of halogens is 2. The van der Waals surface area contributed by atoms with E-state index in [1.54, 1.807) is 4.68 Å². The molecule has 0 spiro atoms. The van der Waals surface area contributed by atoms with Gasteiger partial charge in [0.1, 0.15) is 5.02 Å². The zero-order valence-electron chi connectivity index (χ0n) is 9.52. The highest BCUT2D eigenvalue weighted by atomic mass is 79.9. The molecule has 1 aromatic carbocycles. The topological polar surface area (TPSA) is 55.1 Å². The van der Waals surface area contributed by atoms with Gasteiger partial charge in [-0.3, -0.25) is 4.68 Å². The Morgan fingerprint density at radius 2 is 2.28 bits per heavy atom. The fourth-order valence-electron chi connectivity index (χ4n) is 1.72. The molecule has 18 heavy (non-hydrogen) atoms. The first-order valence-corrected chi connectivity index (χ1v) is 6.47. The van der Waals surface area contributed by atoms with Crippen LogP contribution in [-0.2, 0) is 6.54 Å². The van der Waals surface area contributed by atoms with Gasteiger partial charge in [0.15, 0.2) is 5.69 Å². The van der Waals surface area contributed by atoms with Crippen molar-refractivity contribution in [3.63, 3.8) is 0 Å². The minimum absolute atomic E-state index is 0.117. The summed E-state index contributed by atoms with van der Waals surface area (Å²) in [6.45, 7) is 2.44. The summed E-state index contributed by atoms with van der Waals surface area (Å²) in [5, 5.41) is 13.2. The standard InChI is InChI=1S/C12H10BrClN2O2/c1-2-16-11(7-4-3-5-8(13)6-7)9(14)10(15-16)12(17)18/h3-6H,2H2,1H3,(H,17,18). The van der Waals surface area contributed by atoms with Crippen molar-refractivity contribution in [2.75, 3.05) is 0 Å². The second-order valence-electron chi connectivity index (χ2n) is 3.64. The maximum absolute atomic E-state index is 11.0. The van der Waals surface area contributed by atoms with Crippen LogP contribution in [0.3, 0.4) is 0 Å². The van der Waals surface area contributed by atoms with E-state index in [2.05, 4.69) is 21.0 Å². The Labute approximate surface area is 117 Å². The van der Waals surface area contributed by atoms with E-state index in [0.717, 1.165) is 10.0 Å². The Morgan fingerprint density at radius 1 is 1.56 bits per heavy atom. The van der Waals surface area contributed by atoms with Crippen molar-refractivity contribution in [3.05, 3.63) is 39.5 Å². The van der Waals surface area contributed by atoms with E-state index >= 15 is 0 Å². The van der Waals surface area contributed by atoms with Crippen molar-refractivity contribution in [1.29, 1.82) is 0 Å². The summed E-state index contributed by atoms with van der Waals surface area (Å²) >= 11 is 9.49. The predicted molar refractivity (Wildman–Crippen MR) is 73.0 cm³/mol. The van der Waals surface area contributed by atoms with Crippen LogP contribution in [0.4, 0.5) is 0 Å². The largest absolute Gasteiger partial charge is 0.476 e. The van der Waals surface area contributed by atoms with Crippen molar-refractivity contribution in [3.8, 4) is 11.3 Å². The number of hydrogen-bond donors (Lipinski definition) is 1. The zero-order valence-corrected chi connectivity index (χ0v) is 11.9. The molecule has 4 nitrogen and oxygen atoms in total. The fraction of sp³-hybridized carbons (Fsp3) is 0.167. The number of benzene rings is 1. The Bertz CT molecular complexity index is 610. The van der Waals surface area contributed by atoms with Crippen LogP contribution >= 0.6 is 27.5 Å². The molecule has 0 bridgehead atoms. The summed E-state index contributed by atoms with van der Waals surface area (Å²) in [5.74, 6) is -1.12. The lowest BCUT2D eigenvalue weighted by atomic mass is 10.1. The average Bonchev–Trinajstić information content (AvgIpc) is 2.66. The minimum atomic E-state index is -1.12. The van der Waals surface area contributed by atoms with Gasteiger partial charge in [0, 0.05) is 16.6 Å². The monoisotopic (exact) mass is 328 g/mol. The van der Waals surface area contributed by atoms with Crippen LogP contribution in [0.1, 0.15) is 17.4 Å². The van der Waals surface area contributed by atoms with Crippen LogP contribution in [0, 0.1) is 0 Å². The number of aromatic nitrogens is 2. The maximum atomic E-state index is 11.0. The Morgan fingerprint density at radius 3 is 2.83 bits per heavy atom. The molecule has 0 aliphatic carbocycles. The van der Waals surface area contributed by atoms with E-state index in [1.807, 2.05) is 31.2 Å². The first-order valence-electron chi connectivity index (χ1n) is 5.30. The van der Waals surface area contributed by atoms with Crippen LogP contribution in [0.2, 0.25) is 5.02 Å². The van der Waals surface area contributed by atoms with Gasteiger partial charge in [0.25, 0.3) is 0 Å². The van der Waals surface area contributed by atoms with Crippen molar-refractivity contribution >= 4 is 33.5 Å².